The Bertz CT molecular complexity index is 1090. The first kappa shape index (κ1) is 16.6. The first-order valence-electron chi connectivity index (χ1n) is 7.50. The zero-order valence-electron chi connectivity index (χ0n) is 13.4. The summed E-state index contributed by atoms with van der Waals surface area (Å²) in [7, 11) is 0. The van der Waals surface area contributed by atoms with E-state index < -0.39 is 4.92 Å². The molecule has 0 bridgehead atoms. The Hall–Kier alpha value is -4.23. The van der Waals surface area contributed by atoms with Crippen LogP contribution in [-0.4, -0.2) is 9.91 Å². The molecule has 26 heavy (non-hydrogen) atoms. The minimum absolute atomic E-state index is 0.0116. The standard InChI is InChI=1S/C19H11N5O2/c20-10-12-5-7-13(8-6-12)15-9-17(23-19(22)16(15)11-21)14-3-1-2-4-18(14)24(25)26/h1-9H,(H2,22,23). The monoisotopic (exact) mass is 341 g/mol. The Morgan fingerprint density at radius 3 is 2.31 bits per heavy atom. The Labute approximate surface area is 148 Å². The van der Waals surface area contributed by atoms with Gasteiger partial charge in [0.25, 0.3) is 5.69 Å². The topological polar surface area (TPSA) is 130 Å². The summed E-state index contributed by atoms with van der Waals surface area (Å²) in [5.74, 6) is -0.0116. The molecule has 0 atom stereocenters. The molecule has 2 aromatic carbocycles. The van der Waals surface area contributed by atoms with E-state index >= 15 is 0 Å². The SMILES string of the molecule is N#Cc1ccc(-c2cc(-c3ccccc3[N+](=O)[O-])nc(N)c2C#N)cc1. The summed E-state index contributed by atoms with van der Waals surface area (Å²) in [4.78, 5) is 15.0. The fraction of sp³-hybridized carbons (Fsp3) is 0. The number of hydrogen-bond donors (Lipinski definition) is 1. The highest BCUT2D eigenvalue weighted by atomic mass is 16.6. The summed E-state index contributed by atoms with van der Waals surface area (Å²) in [6.07, 6.45) is 0. The molecule has 0 aliphatic rings. The lowest BCUT2D eigenvalue weighted by atomic mass is 9.97. The number of nitrogen functional groups attached to an aromatic ring is 1. The van der Waals surface area contributed by atoms with Crippen molar-refractivity contribution in [2.24, 2.45) is 0 Å². The molecule has 3 aromatic rings. The van der Waals surface area contributed by atoms with Crippen molar-refractivity contribution in [1.29, 1.82) is 10.5 Å². The molecule has 1 aromatic heterocycles. The van der Waals surface area contributed by atoms with E-state index in [1.165, 1.54) is 6.07 Å². The molecule has 0 amide bonds. The van der Waals surface area contributed by atoms with Crippen molar-refractivity contribution in [3.8, 4) is 34.5 Å². The number of pyridine rings is 1. The zero-order valence-corrected chi connectivity index (χ0v) is 13.4. The van der Waals surface area contributed by atoms with Gasteiger partial charge in [-0.15, -0.1) is 0 Å². The fourth-order valence-electron chi connectivity index (χ4n) is 2.62. The number of nitriles is 2. The van der Waals surface area contributed by atoms with Crippen molar-refractivity contribution in [2.45, 2.75) is 0 Å². The van der Waals surface area contributed by atoms with E-state index in [2.05, 4.69) is 4.98 Å². The number of hydrogen-bond acceptors (Lipinski definition) is 6. The molecule has 124 valence electrons. The maximum atomic E-state index is 11.3. The van der Waals surface area contributed by atoms with Crippen LogP contribution in [0.2, 0.25) is 0 Å². The molecule has 0 unspecified atom stereocenters. The molecule has 0 spiro atoms. The number of nitro benzene ring substituents is 1. The Kier molecular flexibility index (Phi) is 4.29. The maximum absolute atomic E-state index is 11.3. The predicted molar refractivity (Wildman–Crippen MR) is 95.6 cm³/mol. The number of benzene rings is 2. The van der Waals surface area contributed by atoms with E-state index in [0.29, 0.717) is 27.9 Å². The molecule has 0 radical (unpaired) electrons. The average molecular weight is 341 g/mol. The van der Waals surface area contributed by atoms with Crippen molar-refractivity contribution in [3.05, 3.63) is 75.8 Å². The van der Waals surface area contributed by atoms with E-state index in [-0.39, 0.29) is 17.1 Å². The molecule has 3 rings (SSSR count). The quantitative estimate of drug-likeness (QED) is 0.571. The summed E-state index contributed by atoms with van der Waals surface area (Å²) < 4.78 is 0. The van der Waals surface area contributed by atoms with Crippen LogP contribution in [0.4, 0.5) is 11.5 Å². The van der Waals surface area contributed by atoms with Crippen molar-refractivity contribution >= 4 is 11.5 Å². The van der Waals surface area contributed by atoms with Crippen LogP contribution in [0, 0.1) is 32.8 Å². The van der Waals surface area contributed by atoms with Gasteiger partial charge in [-0.05, 0) is 29.8 Å². The van der Waals surface area contributed by atoms with Gasteiger partial charge in [0.1, 0.15) is 17.5 Å². The lowest BCUT2D eigenvalue weighted by Crippen LogP contribution is -2.01. The molecule has 7 heteroatoms. The molecular weight excluding hydrogens is 330 g/mol. The Morgan fingerprint density at radius 1 is 1.00 bits per heavy atom. The molecule has 0 fully saturated rings. The summed E-state index contributed by atoms with van der Waals surface area (Å²) in [5, 5.41) is 29.7. The van der Waals surface area contributed by atoms with Gasteiger partial charge < -0.3 is 5.73 Å². The van der Waals surface area contributed by atoms with Crippen LogP contribution < -0.4 is 5.73 Å². The normalized spacial score (nSPS) is 9.92. The fourth-order valence-corrected chi connectivity index (χ4v) is 2.62. The van der Waals surface area contributed by atoms with Crippen LogP contribution in [0.5, 0.6) is 0 Å². The van der Waals surface area contributed by atoms with Gasteiger partial charge in [0, 0.05) is 11.6 Å². The van der Waals surface area contributed by atoms with Gasteiger partial charge in [-0.3, -0.25) is 10.1 Å². The number of nitrogens with two attached hydrogens (primary N) is 1. The summed E-state index contributed by atoms with van der Waals surface area (Å²) in [6.45, 7) is 0. The van der Waals surface area contributed by atoms with Crippen LogP contribution in [0.1, 0.15) is 11.1 Å². The third kappa shape index (κ3) is 2.93. The molecule has 0 saturated carbocycles. The van der Waals surface area contributed by atoms with Gasteiger partial charge in [0.2, 0.25) is 0 Å². The van der Waals surface area contributed by atoms with Gasteiger partial charge in [-0.1, -0.05) is 24.3 Å². The van der Waals surface area contributed by atoms with Crippen molar-refractivity contribution < 1.29 is 4.92 Å². The highest BCUT2D eigenvalue weighted by Gasteiger charge is 2.19. The smallest absolute Gasteiger partial charge is 0.278 e. The van der Waals surface area contributed by atoms with E-state index in [4.69, 9.17) is 11.0 Å². The predicted octanol–water partition coefficient (Wildman–Crippen LogP) is 3.65. The Morgan fingerprint density at radius 2 is 1.69 bits per heavy atom. The lowest BCUT2D eigenvalue weighted by Gasteiger charge is -2.10. The minimum Gasteiger partial charge on any atom is -0.383 e. The summed E-state index contributed by atoms with van der Waals surface area (Å²) >= 11 is 0. The molecule has 7 nitrogen and oxygen atoms in total. The second kappa shape index (κ2) is 6.71. The third-order valence-electron chi connectivity index (χ3n) is 3.86. The first-order valence-corrected chi connectivity index (χ1v) is 7.50. The van der Waals surface area contributed by atoms with Gasteiger partial charge in [0.15, 0.2) is 0 Å². The molecule has 2 N–H and O–H groups in total. The van der Waals surface area contributed by atoms with Crippen LogP contribution >= 0.6 is 0 Å². The lowest BCUT2D eigenvalue weighted by molar-refractivity contribution is -0.384. The van der Waals surface area contributed by atoms with Crippen LogP contribution in [0.25, 0.3) is 22.4 Å². The van der Waals surface area contributed by atoms with Crippen molar-refractivity contribution in [1.82, 2.24) is 4.98 Å². The van der Waals surface area contributed by atoms with Crippen molar-refractivity contribution in [2.75, 3.05) is 5.73 Å². The Balaban J connectivity index is 2.25. The highest BCUT2D eigenvalue weighted by molar-refractivity contribution is 5.82. The van der Waals surface area contributed by atoms with Crippen LogP contribution in [0.15, 0.2) is 54.6 Å². The maximum Gasteiger partial charge on any atom is 0.278 e. The first-order chi connectivity index (χ1) is 12.5. The van der Waals surface area contributed by atoms with Gasteiger partial charge in [-0.2, -0.15) is 10.5 Å². The molecular formula is C19H11N5O2. The number of anilines is 1. The second-order valence-corrected chi connectivity index (χ2v) is 5.39. The van der Waals surface area contributed by atoms with Crippen LogP contribution in [0.3, 0.4) is 0 Å². The van der Waals surface area contributed by atoms with E-state index in [1.54, 1.807) is 48.5 Å². The summed E-state index contributed by atoms with van der Waals surface area (Å²) in [6, 6.07) is 18.5. The third-order valence-corrected chi connectivity index (χ3v) is 3.86. The van der Waals surface area contributed by atoms with Gasteiger partial charge in [-0.25, -0.2) is 4.98 Å². The molecule has 0 saturated heterocycles. The number of nitrogens with zero attached hydrogens (tertiary/aromatic N) is 4. The largest absolute Gasteiger partial charge is 0.383 e. The number of aromatic nitrogens is 1. The number of rotatable bonds is 3. The van der Waals surface area contributed by atoms with Crippen molar-refractivity contribution in [3.63, 3.8) is 0 Å². The van der Waals surface area contributed by atoms with Crippen LogP contribution in [-0.2, 0) is 0 Å². The van der Waals surface area contributed by atoms with Gasteiger partial charge >= 0.3 is 0 Å². The summed E-state index contributed by atoms with van der Waals surface area (Å²) in [5.41, 5.74) is 8.26. The second-order valence-electron chi connectivity index (χ2n) is 5.39. The van der Waals surface area contributed by atoms with E-state index in [1.807, 2.05) is 12.1 Å². The highest BCUT2D eigenvalue weighted by Crippen LogP contribution is 2.34. The average Bonchev–Trinajstić information content (AvgIpc) is 2.67. The molecule has 0 aliphatic heterocycles. The van der Waals surface area contributed by atoms with E-state index in [0.717, 1.165) is 0 Å². The number of nitro groups is 1. The minimum atomic E-state index is -0.493. The zero-order chi connectivity index (χ0) is 18.7. The molecule has 0 aliphatic carbocycles. The van der Waals surface area contributed by atoms with Gasteiger partial charge in [0.05, 0.1) is 27.8 Å². The van der Waals surface area contributed by atoms with E-state index in [9.17, 15) is 15.4 Å². The number of para-hydroxylation sites is 1. The molecule has 1 heterocycles.